The molecule has 1 aromatic rings. The molecule has 0 saturated carbocycles. The van der Waals surface area contributed by atoms with E-state index >= 15 is 0 Å². The molecule has 1 atom stereocenters. The predicted octanol–water partition coefficient (Wildman–Crippen LogP) is 4.34. The van der Waals surface area contributed by atoms with Gasteiger partial charge in [0.25, 0.3) is 0 Å². The lowest BCUT2D eigenvalue weighted by Crippen LogP contribution is -2.17. The Balaban J connectivity index is 2.93. The van der Waals surface area contributed by atoms with Gasteiger partial charge in [-0.25, -0.2) is 9.97 Å². The number of nitrogens with one attached hydrogen (secondary N) is 1. The van der Waals surface area contributed by atoms with Crippen LogP contribution in [0.25, 0.3) is 0 Å². The van der Waals surface area contributed by atoms with Crippen molar-refractivity contribution in [3.05, 3.63) is 11.9 Å². The van der Waals surface area contributed by atoms with E-state index in [0.717, 1.165) is 34.9 Å². The van der Waals surface area contributed by atoms with Crippen molar-refractivity contribution in [3.8, 4) is 0 Å². The number of hydrogen-bond donors (Lipinski definition) is 1. The van der Waals surface area contributed by atoms with Crippen LogP contribution in [0.4, 0.5) is 5.82 Å². The second-order valence-corrected chi connectivity index (χ2v) is 7.06. The van der Waals surface area contributed by atoms with E-state index in [4.69, 9.17) is 4.98 Å². The monoisotopic (exact) mass is 281 g/mol. The third kappa shape index (κ3) is 5.39. The first-order chi connectivity index (χ1) is 8.86. The van der Waals surface area contributed by atoms with Crippen molar-refractivity contribution in [2.45, 2.75) is 58.4 Å². The number of aromatic nitrogens is 2. The van der Waals surface area contributed by atoms with E-state index in [9.17, 15) is 0 Å². The molecule has 108 valence electrons. The second-order valence-electron chi connectivity index (χ2n) is 6.02. The molecule has 0 amide bonds. The van der Waals surface area contributed by atoms with E-state index < -0.39 is 0 Å². The van der Waals surface area contributed by atoms with Crippen LogP contribution in [0.3, 0.4) is 0 Å². The summed E-state index contributed by atoms with van der Waals surface area (Å²) in [6.45, 7) is 13.9. The molecule has 0 aliphatic heterocycles. The zero-order valence-electron chi connectivity index (χ0n) is 13.1. The Labute approximate surface area is 122 Å². The highest BCUT2D eigenvalue weighted by molar-refractivity contribution is 7.99. The van der Waals surface area contributed by atoms with E-state index in [1.165, 1.54) is 6.42 Å². The van der Waals surface area contributed by atoms with Crippen LogP contribution in [-0.4, -0.2) is 22.3 Å². The molecule has 19 heavy (non-hydrogen) atoms. The van der Waals surface area contributed by atoms with Crippen LogP contribution >= 0.6 is 11.8 Å². The molecular formula is C15H27N3S. The van der Waals surface area contributed by atoms with Crippen LogP contribution in [0.1, 0.15) is 53.8 Å². The molecule has 0 saturated heterocycles. The molecular weight excluding hydrogens is 254 g/mol. The number of rotatable bonds is 6. The van der Waals surface area contributed by atoms with E-state index in [2.05, 4.69) is 57.9 Å². The molecule has 3 nitrogen and oxygen atoms in total. The molecule has 4 heteroatoms. The van der Waals surface area contributed by atoms with Crippen molar-refractivity contribution in [3.63, 3.8) is 0 Å². The summed E-state index contributed by atoms with van der Waals surface area (Å²) in [7, 11) is 0. The highest BCUT2D eigenvalue weighted by Gasteiger charge is 2.19. The third-order valence-corrected chi connectivity index (χ3v) is 4.18. The minimum absolute atomic E-state index is 0.0168. The van der Waals surface area contributed by atoms with Gasteiger partial charge in [-0.1, -0.05) is 41.0 Å². The molecule has 1 aromatic heterocycles. The van der Waals surface area contributed by atoms with E-state index in [1.807, 2.05) is 11.8 Å². The molecule has 1 N–H and O–H groups in total. The average Bonchev–Trinajstić information content (AvgIpc) is 2.35. The van der Waals surface area contributed by atoms with Gasteiger partial charge >= 0.3 is 0 Å². The van der Waals surface area contributed by atoms with E-state index in [0.29, 0.717) is 0 Å². The number of nitrogens with zero attached hydrogens (tertiary/aromatic N) is 2. The quantitative estimate of drug-likeness (QED) is 0.621. The van der Waals surface area contributed by atoms with Crippen molar-refractivity contribution in [2.24, 2.45) is 5.92 Å². The van der Waals surface area contributed by atoms with Crippen molar-refractivity contribution < 1.29 is 0 Å². The molecule has 0 fully saturated rings. The van der Waals surface area contributed by atoms with Gasteiger partial charge in [0.05, 0.1) is 0 Å². The van der Waals surface area contributed by atoms with Gasteiger partial charge in [-0.2, -0.15) is 0 Å². The largest absolute Gasteiger partial charge is 0.370 e. The predicted molar refractivity (Wildman–Crippen MR) is 85.1 cm³/mol. The van der Waals surface area contributed by atoms with E-state index in [-0.39, 0.29) is 5.41 Å². The van der Waals surface area contributed by atoms with Crippen LogP contribution in [-0.2, 0) is 5.41 Å². The first-order valence-corrected chi connectivity index (χ1v) is 8.11. The molecule has 0 spiro atoms. The minimum atomic E-state index is -0.0168. The van der Waals surface area contributed by atoms with E-state index in [1.54, 1.807) is 0 Å². The molecule has 1 rings (SSSR count). The first kappa shape index (κ1) is 16.3. The van der Waals surface area contributed by atoms with Gasteiger partial charge in [0.1, 0.15) is 16.7 Å². The number of hydrogen-bond acceptors (Lipinski definition) is 4. The van der Waals surface area contributed by atoms with Gasteiger partial charge < -0.3 is 5.32 Å². The van der Waals surface area contributed by atoms with Crippen LogP contribution in [0, 0.1) is 5.92 Å². The van der Waals surface area contributed by atoms with Gasteiger partial charge in [0.2, 0.25) is 0 Å². The summed E-state index contributed by atoms with van der Waals surface area (Å²) in [6.07, 6.45) is 1.21. The van der Waals surface area contributed by atoms with Crippen molar-refractivity contribution in [1.82, 2.24) is 9.97 Å². The summed E-state index contributed by atoms with van der Waals surface area (Å²) in [5.41, 5.74) is -0.0168. The van der Waals surface area contributed by atoms with Crippen molar-refractivity contribution >= 4 is 17.6 Å². The van der Waals surface area contributed by atoms with Gasteiger partial charge in [-0.05, 0) is 12.8 Å². The molecule has 0 aliphatic rings. The van der Waals surface area contributed by atoms with Crippen LogP contribution in [0.2, 0.25) is 0 Å². The summed E-state index contributed by atoms with van der Waals surface area (Å²) in [4.78, 5) is 9.31. The number of thioether (sulfide) groups is 1. The van der Waals surface area contributed by atoms with Crippen molar-refractivity contribution in [1.29, 1.82) is 0 Å². The highest BCUT2D eigenvalue weighted by Crippen LogP contribution is 2.26. The Bertz CT molecular complexity index is 399. The lowest BCUT2D eigenvalue weighted by Gasteiger charge is -2.19. The highest BCUT2D eigenvalue weighted by atomic mass is 32.2. The zero-order valence-corrected chi connectivity index (χ0v) is 13.9. The van der Waals surface area contributed by atoms with Gasteiger partial charge in [0.15, 0.2) is 0 Å². The molecule has 1 unspecified atom stereocenters. The Morgan fingerprint density at radius 1 is 1.26 bits per heavy atom. The summed E-state index contributed by atoms with van der Waals surface area (Å²) >= 11 is 1.83. The molecule has 0 aromatic carbocycles. The Morgan fingerprint density at radius 3 is 2.47 bits per heavy atom. The fraction of sp³-hybridized carbons (Fsp3) is 0.733. The third-order valence-electron chi connectivity index (χ3n) is 2.94. The smallest absolute Gasteiger partial charge is 0.137 e. The lowest BCUT2D eigenvalue weighted by atomic mass is 9.96. The molecule has 0 aliphatic carbocycles. The normalized spacial score (nSPS) is 13.4. The number of anilines is 1. The average molecular weight is 281 g/mol. The van der Waals surface area contributed by atoms with Gasteiger partial charge in [-0.15, -0.1) is 11.8 Å². The van der Waals surface area contributed by atoms with Gasteiger partial charge in [-0.3, -0.25) is 0 Å². The fourth-order valence-electron chi connectivity index (χ4n) is 1.45. The summed E-state index contributed by atoms with van der Waals surface area (Å²) in [6, 6.07) is 2.06. The summed E-state index contributed by atoms with van der Waals surface area (Å²) in [5, 5.41) is 4.38. The Hall–Kier alpha value is -0.770. The second kappa shape index (κ2) is 7.13. The maximum atomic E-state index is 4.71. The fourth-order valence-corrected chi connectivity index (χ4v) is 2.49. The van der Waals surface area contributed by atoms with Crippen molar-refractivity contribution in [2.75, 3.05) is 17.6 Å². The van der Waals surface area contributed by atoms with Crippen LogP contribution in [0.15, 0.2) is 11.1 Å². The standard InChI is InChI=1S/C15H27N3S/c1-7-11(3)10-19-13-9-12(16-8-2)17-14(18-13)15(4,5)6/h9,11H,7-8,10H2,1-6H3,(H,16,17,18). The summed E-state index contributed by atoms with van der Waals surface area (Å²) in [5.74, 6) is 3.69. The molecule has 0 radical (unpaired) electrons. The topological polar surface area (TPSA) is 37.8 Å². The maximum absolute atomic E-state index is 4.71. The molecule has 0 bridgehead atoms. The maximum Gasteiger partial charge on any atom is 0.137 e. The summed E-state index contributed by atoms with van der Waals surface area (Å²) < 4.78 is 0. The SMILES string of the molecule is CCNc1cc(SCC(C)CC)nc(C(C)(C)C)n1. The lowest BCUT2D eigenvalue weighted by molar-refractivity contribution is 0.539. The van der Waals surface area contributed by atoms with Gasteiger partial charge in [0, 0.05) is 23.8 Å². The Morgan fingerprint density at radius 2 is 1.95 bits per heavy atom. The van der Waals surface area contributed by atoms with Crippen LogP contribution < -0.4 is 5.32 Å². The minimum Gasteiger partial charge on any atom is -0.370 e. The zero-order chi connectivity index (χ0) is 14.5. The first-order valence-electron chi connectivity index (χ1n) is 7.13. The molecule has 1 heterocycles. The van der Waals surface area contributed by atoms with Crippen LogP contribution in [0.5, 0.6) is 0 Å². The Kier molecular flexibility index (Phi) is 6.11.